The number of phenols is 1. The number of hydrogen-bond donors (Lipinski definition) is 3. The molecule has 82 valence electrons. The van der Waals surface area contributed by atoms with Crippen LogP contribution in [0.2, 0.25) is 0 Å². The second-order valence-electron chi connectivity index (χ2n) is 4.09. The van der Waals surface area contributed by atoms with Crippen molar-refractivity contribution < 1.29 is 5.11 Å². The summed E-state index contributed by atoms with van der Waals surface area (Å²) in [4.78, 5) is 0. The molecule has 15 heavy (non-hydrogen) atoms. The Balaban J connectivity index is 1.94. The summed E-state index contributed by atoms with van der Waals surface area (Å²) in [5.74, 6) is 0.427. The van der Waals surface area contributed by atoms with Crippen LogP contribution >= 0.6 is 0 Å². The maximum atomic E-state index is 9.67. The molecule has 3 N–H and O–H groups in total. The molecule has 0 radical (unpaired) electrons. The Morgan fingerprint density at radius 3 is 3.13 bits per heavy atom. The van der Waals surface area contributed by atoms with E-state index in [1.54, 1.807) is 6.07 Å². The summed E-state index contributed by atoms with van der Waals surface area (Å²) >= 11 is 0. The molecule has 0 aromatic heterocycles. The van der Waals surface area contributed by atoms with Crippen LogP contribution in [-0.4, -0.2) is 24.7 Å². The lowest BCUT2D eigenvalue weighted by atomic mass is 10.1. The number of phenolic OH excluding ortho intramolecular Hbond substituents is 1. The Hall–Kier alpha value is -1.22. The van der Waals surface area contributed by atoms with Crippen LogP contribution in [0.25, 0.3) is 0 Å². The largest absolute Gasteiger partial charge is 0.508 e. The van der Waals surface area contributed by atoms with E-state index < -0.39 is 0 Å². The van der Waals surface area contributed by atoms with Gasteiger partial charge in [-0.1, -0.05) is 6.07 Å². The maximum Gasteiger partial charge on any atom is 0.120 e. The molecule has 0 aliphatic carbocycles. The number of nitrogens with one attached hydrogen (secondary N) is 2. The minimum atomic E-state index is 0.427. The third kappa shape index (κ3) is 2.23. The molecular weight excluding hydrogens is 188 g/mol. The van der Waals surface area contributed by atoms with Crippen molar-refractivity contribution in [3.8, 4) is 5.75 Å². The second-order valence-corrected chi connectivity index (χ2v) is 4.09. The Morgan fingerprint density at radius 2 is 2.40 bits per heavy atom. The van der Waals surface area contributed by atoms with Crippen molar-refractivity contribution in [3.05, 3.63) is 23.8 Å². The molecule has 1 aromatic carbocycles. The third-order valence-corrected chi connectivity index (χ3v) is 2.94. The number of fused-ring (bicyclic) bond motifs is 1. The van der Waals surface area contributed by atoms with Crippen LogP contribution in [0.5, 0.6) is 5.75 Å². The Kier molecular flexibility index (Phi) is 3.11. The van der Waals surface area contributed by atoms with E-state index in [0.29, 0.717) is 11.8 Å². The zero-order chi connectivity index (χ0) is 10.7. The number of rotatable bonds is 4. The SMILES string of the molecule is CNCCCC1Cc2c(O)cccc2N1. The Morgan fingerprint density at radius 1 is 1.53 bits per heavy atom. The topological polar surface area (TPSA) is 44.3 Å². The van der Waals surface area contributed by atoms with Gasteiger partial charge in [0.1, 0.15) is 5.75 Å². The highest BCUT2D eigenvalue weighted by atomic mass is 16.3. The van der Waals surface area contributed by atoms with E-state index >= 15 is 0 Å². The lowest BCUT2D eigenvalue weighted by molar-refractivity contribution is 0.468. The highest BCUT2D eigenvalue weighted by Gasteiger charge is 2.22. The van der Waals surface area contributed by atoms with E-state index in [-0.39, 0.29) is 0 Å². The van der Waals surface area contributed by atoms with E-state index in [0.717, 1.165) is 30.6 Å². The zero-order valence-corrected chi connectivity index (χ0v) is 9.09. The van der Waals surface area contributed by atoms with Crippen molar-refractivity contribution in [2.24, 2.45) is 0 Å². The smallest absolute Gasteiger partial charge is 0.120 e. The molecule has 0 bridgehead atoms. The van der Waals surface area contributed by atoms with Crippen LogP contribution in [0.4, 0.5) is 5.69 Å². The van der Waals surface area contributed by atoms with Crippen molar-refractivity contribution in [1.82, 2.24) is 5.32 Å². The van der Waals surface area contributed by atoms with Crippen LogP contribution in [0.3, 0.4) is 0 Å². The van der Waals surface area contributed by atoms with Crippen molar-refractivity contribution in [1.29, 1.82) is 0 Å². The third-order valence-electron chi connectivity index (χ3n) is 2.94. The summed E-state index contributed by atoms with van der Waals surface area (Å²) in [6, 6.07) is 6.17. The van der Waals surface area contributed by atoms with Gasteiger partial charge in [-0.15, -0.1) is 0 Å². The average molecular weight is 206 g/mol. The fourth-order valence-electron chi connectivity index (χ4n) is 2.14. The minimum Gasteiger partial charge on any atom is -0.508 e. The van der Waals surface area contributed by atoms with Gasteiger partial charge in [0, 0.05) is 17.3 Å². The highest BCUT2D eigenvalue weighted by molar-refractivity contribution is 5.61. The zero-order valence-electron chi connectivity index (χ0n) is 9.09. The van der Waals surface area contributed by atoms with Crippen molar-refractivity contribution in [2.75, 3.05) is 18.9 Å². The van der Waals surface area contributed by atoms with Crippen LogP contribution < -0.4 is 10.6 Å². The van der Waals surface area contributed by atoms with Gasteiger partial charge in [0.15, 0.2) is 0 Å². The Labute approximate surface area is 90.5 Å². The summed E-state index contributed by atoms with van der Waals surface area (Å²) in [6.45, 7) is 1.06. The van der Waals surface area contributed by atoms with Crippen LogP contribution in [0.1, 0.15) is 18.4 Å². The predicted octanol–water partition coefficient (Wildman–Crippen LogP) is 1.73. The lowest BCUT2D eigenvalue weighted by Gasteiger charge is -2.10. The molecule has 1 aliphatic rings. The summed E-state index contributed by atoms with van der Waals surface area (Å²) in [6.07, 6.45) is 3.27. The van der Waals surface area contributed by atoms with E-state index in [1.807, 2.05) is 19.2 Å². The fraction of sp³-hybridized carbons (Fsp3) is 0.500. The molecule has 3 nitrogen and oxygen atoms in total. The van der Waals surface area contributed by atoms with Crippen molar-refractivity contribution in [3.63, 3.8) is 0 Å². The lowest BCUT2D eigenvalue weighted by Crippen LogP contribution is -2.18. The number of anilines is 1. The van der Waals surface area contributed by atoms with Crippen molar-refractivity contribution >= 4 is 5.69 Å². The standard InChI is InChI=1S/C12H18N2O/c1-13-7-3-4-9-8-10-11(14-9)5-2-6-12(10)15/h2,5-6,9,13-15H,3-4,7-8H2,1H3. The molecule has 1 aromatic rings. The summed E-state index contributed by atoms with van der Waals surface area (Å²) in [7, 11) is 1.97. The van der Waals surface area contributed by atoms with E-state index in [4.69, 9.17) is 0 Å². The fourth-order valence-corrected chi connectivity index (χ4v) is 2.14. The van der Waals surface area contributed by atoms with Gasteiger partial charge in [-0.05, 0) is 45.0 Å². The molecule has 1 atom stereocenters. The van der Waals surface area contributed by atoms with Crippen molar-refractivity contribution in [2.45, 2.75) is 25.3 Å². The molecule has 0 saturated heterocycles. The number of benzene rings is 1. The Bertz CT molecular complexity index is 338. The number of hydrogen-bond acceptors (Lipinski definition) is 3. The van der Waals surface area contributed by atoms with Crippen LogP contribution in [0.15, 0.2) is 18.2 Å². The monoisotopic (exact) mass is 206 g/mol. The maximum absolute atomic E-state index is 9.67. The van der Waals surface area contributed by atoms with Gasteiger partial charge in [0.2, 0.25) is 0 Å². The molecule has 1 unspecified atom stereocenters. The molecule has 1 aliphatic heterocycles. The second kappa shape index (κ2) is 4.53. The quantitative estimate of drug-likeness (QED) is 0.657. The van der Waals surface area contributed by atoms with Crippen LogP contribution in [-0.2, 0) is 6.42 Å². The average Bonchev–Trinajstić information content (AvgIpc) is 2.63. The van der Waals surface area contributed by atoms with Crippen LogP contribution in [0, 0.1) is 0 Å². The molecule has 0 amide bonds. The predicted molar refractivity (Wildman–Crippen MR) is 62.4 cm³/mol. The molecule has 0 spiro atoms. The van der Waals surface area contributed by atoms with E-state index in [1.165, 1.54) is 6.42 Å². The molecule has 1 heterocycles. The first-order valence-electron chi connectivity index (χ1n) is 5.53. The summed E-state index contributed by atoms with van der Waals surface area (Å²) in [5.41, 5.74) is 2.18. The first-order chi connectivity index (χ1) is 7.31. The molecule has 0 saturated carbocycles. The first kappa shape index (κ1) is 10.3. The molecule has 0 fully saturated rings. The van der Waals surface area contributed by atoms with Gasteiger partial charge >= 0.3 is 0 Å². The van der Waals surface area contributed by atoms with Gasteiger partial charge in [0.25, 0.3) is 0 Å². The molecule has 2 rings (SSSR count). The van der Waals surface area contributed by atoms with Gasteiger partial charge in [0.05, 0.1) is 0 Å². The highest BCUT2D eigenvalue weighted by Crippen LogP contribution is 2.33. The van der Waals surface area contributed by atoms with Gasteiger partial charge in [-0.25, -0.2) is 0 Å². The summed E-state index contributed by atoms with van der Waals surface area (Å²) < 4.78 is 0. The van der Waals surface area contributed by atoms with Gasteiger partial charge < -0.3 is 15.7 Å². The summed E-state index contributed by atoms with van der Waals surface area (Å²) in [5, 5.41) is 16.3. The molecule has 3 heteroatoms. The van der Waals surface area contributed by atoms with Gasteiger partial charge in [-0.3, -0.25) is 0 Å². The molecular formula is C12H18N2O. The normalized spacial score (nSPS) is 18.6. The van der Waals surface area contributed by atoms with Gasteiger partial charge in [-0.2, -0.15) is 0 Å². The van der Waals surface area contributed by atoms with E-state index in [9.17, 15) is 5.11 Å². The van der Waals surface area contributed by atoms with E-state index in [2.05, 4.69) is 10.6 Å². The first-order valence-corrected chi connectivity index (χ1v) is 5.53. The number of aromatic hydroxyl groups is 1. The minimum absolute atomic E-state index is 0.427.